The lowest BCUT2D eigenvalue weighted by atomic mass is 9.79. The number of aryl methyl sites for hydroxylation is 2. The maximum Gasteiger partial charge on any atom is 0.407 e. The molecule has 1 rings (SSSR count). The first-order valence-electron chi connectivity index (χ1n) is 8.02. The van der Waals surface area contributed by atoms with E-state index in [4.69, 9.17) is 4.74 Å². The highest BCUT2D eigenvalue weighted by atomic mass is 16.5. The zero-order valence-corrected chi connectivity index (χ0v) is 15.9. The van der Waals surface area contributed by atoms with E-state index >= 15 is 0 Å². The van der Waals surface area contributed by atoms with Gasteiger partial charge in [0.2, 0.25) is 0 Å². The van der Waals surface area contributed by atoms with Crippen LogP contribution in [0.5, 0.6) is 5.75 Å². The van der Waals surface area contributed by atoms with Gasteiger partial charge in [0, 0.05) is 34.9 Å². The fourth-order valence-corrected chi connectivity index (χ4v) is 2.90. The van der Waals surface area contributed by atoms with Gasteiger partial charge in [-0.05, 0) is 27.7 Å². The van der Waals surface area contributed by atoms with Gasteiger partial charge in [-0.15, -0.1) is 0 Å². The molecule has 0 bridgehead atoms. The van der Waals surface area contributed by atoms with Crippen molar-refractivity contribution in [2.24, 2.45) is 0 Å². The summed E-state index contributed by atoms with van der Waals surface area (Å²) < 4.78 is 10.00. The van der Waals surface area contributed by atoms with Crippen LogP contribution in [0.3, 0.4) is 0 Å². The Morgan fingerprint density at radius 1 is 1.28 bits per heavy atom. The third-order valence-corrected chi connectivity index (χ3v) is 3.74. The van der Waals surface area contributed by atoms with Crippen LogP contribution in [0.4, 0.5) is 4.79 Å². The fraction of sp³-hybridized carbons (Fsp3) is 0.556. The molecular formula is C18H26N2O5. The lowest BCUT2D eigenvalue weighted by Crippen LogP contribution is -2.41. The lowest BCUT2D eigenvalue weighted by Gasteiger charge is -2.28. The van der Waals surface area contributed by atoms with E-state index in [2.05, 4.69) is 15.0 Å². The van der Waals surface area contributed by atoms with Gasteiger partial charge in [-0.1, -0.05) is 13.8 Å². The number of alkyl carbamates (subject to hydrolysis) is 1. The van der Waals surface area contributed by atoms with Gasteiger partial charge in [0.05, 0.1) is 7.11 Å². The number of pyridine rings is 1. The summed E-state index contributed by atoms with van der Waals surface area (Å²) in [6, 6.07) is 0.775. The summed E-state index contributed by atoms with van der Waals surface area (Å²) in [5.41, 5.74) is 1.54. The van der Waals surface area contributed by atoms with Crippen LogP contribution >= 0.6 is 0 Å². The summed E-state index contributed by atoms with van der Waals surface area (Å²) >= 11 is 0. The Kier molecular flexibility index (Phi) is 6.67. The number of nitrogens with zero attached hydrogens (tertiary/aromatic N) is 1. The van der Waals surface area contributed by atoms with Crippen molar-refractivity contribution in [3.05, 3.63) is 23.0 Å². The second kappa shape index (κ2) is 8.09. The number of ketones is 1. The first-order valence-corrected chi connectivity index (χ1v) is 8.02. The van der Waals surface area contributed by atoms with Crippen LogP contribution in [0, 0.1) is 13.8 Å². The quantitative estimate of drug-likeness (QED) is 0.793. The topological polar surface area (TPSA) is 94.6 Å². The highest BCUT2D eigenvalue weighted by molar-refractivity contribution is 5.83. The van der Waals surface area contributed by atoms with E-state index in [-0.39, 0.29) is 5.78 Å². The van der Waals surface area contributed by atoms with Crippen molar-refractivity contribution in [1.82, 2.24) is 10.3 Å². The van der Waals surface area contributed by atoms with Crippen molar-refractivity contribution >= 4 is 17.8 Å². The molecular weight excluding hydrogens is 324 g/mol. The van der Waals surface area contributed by atoms with Gasteiger partial charge in [0.1, 0.15) is 17.6 Å². The van der Waals surface area contributed by atoms with Crippen molar-refractivity contribution in [2.45, 2.75) is 59.4 Å². The average molecular weight is 350 g/mol. The third-order valence-electron chi connectivity index (χ3n) is 3.74. The Bertz CT molecular complexity index is 682. The molecule has 0 saturated heterocycles. The van der Waals surface area contributed by atoms with E-state index in [9.17, 15) is 14.4 Å². The van der Waals surface area contributed by atoms with Crippen LogP contribution in [-0.4, -0.2) is 36.0 Å². The Hall–Kier alpha value is -2.44. The number of hydrogen-bond donors (Lipinski definition) is 1. The maximum atomic E-state index is 12.3. The number of esters is 1. The molecule has 1 N–H and O–H groups in total. The normalized spacial score (nSPS) is 12.3. The minimum Gasteiger partial charge on any atom is -0.453 e. The summed E-state index contributed by atoms with van der Waals surface area (Å²) in [5, 5.41) is 2.36. The Morgan fingerprint density at radius 2 is 1.88 bits per heavy atom. The van der Waals surface area contributed by atoms with E-state index in [0.29, 0.717) is 29.1 Å². The number of Topliss-reactive ketones (excluding diaryl/α,β-unsaturated/α-hetero) is 1. The predicted octanol–water partition coefficient (Wildman–Crippen LogP) is 2.61. The Balaban J connectivity index is 3.20. The second-order valence-electron chi connectivity index (χ2n) is 6.76. The number of carbonyl (C=O) groups excluding carboxylic acids is 3. The number of amides is 1. The molecule has 138 valence electrons. The minimum atomic E-state index is -0.884. The summed E-state index contributed by atoms with van der Waals surface area (Å²) in [7, 11) is 1.21. The van der Waals surface area contributed by atoms with Gasteiger partial charge in [0.25, 0.3) is 0 Å². The van der Waals surface area contributed by atoms with Crippen molar-refractivity contribution in [2.75, 3.05) is 7.11 Å². The monoisotopic (exact) mass is 350 g/mol. The molecule has 1 heterocycles. The van der Waals surface area contributed by atoms with Gasteiger partial charge in [-0.25, -0.2) is 9.59 Å². The molecule has 0 aliphatic rings. The summed E-state index contributed by atoms with van der Waals surface area (Å²) in [6.45, 7) is 10.4. The van der Waals surface area contributed by atoms with Gasteiger partial charge < -0.3 is 14.8 Å². The maximum absolute atomic E-state index is 12.3. The largest absolute Gasteiger partial charge is 0.453 e. The number of nitrogens with one attached hydrogen (secondary N) is 1. The highest BCUT2D eigenvalue weighted by Crippen LogP contribution is 2.37. The standard InChI is InChI=1S/C18H26N2O5/c1-10-8-14(25-16(22)13(4)20-17(23)24-7)15(12(3)19-10)18(5,6)9-11(2)21/h8,13H,9H2,1-7H3,(H,20,23). The summed E-state index contributed by atoms with van der Waals surface area (Å²) in [4.78, 5) is 39.6. The Morgan fingerprint density at radius 3 is 2.40 bits per heavy atom. The first kappa shape index (κ1) is 20.6. The molecule has 1 unspecified atom stereocenters. The van der Waals surface area contributed by atoms with Crippen molar-refractivity contribution < 1.29 is 23.9 Å². The smallest absolute Gasteiger partial charge is 0.407 e. The number of rotatable bonds is 6. The molecule has 7 heteroatoms. The van der Waals surface area contributed by atoms with Gasteiger partial charge in [-0.2, -0.15) is 0 Å². The predicted molar refractivity (Wildman–Crippen MR) is 92.7 cm³/mol. The molecule has 7 nitrogen and oxygen atoms in total. The molecule has 25 heavy (non-hydrogen) atoms. The fourth-order valence-electron chi connectivity index (χ4n) is 2.90. The van der Waals surface area contributed by atoms with E-state index in [1.54, 1.807) is 13.0 Å². The Labute approximate surface area is 148 Å². The minimum absolute atomic E-state index is 0.0305. The van der Waals surface area contributed by atoms with Crippen LogP contribution in [0.1, 0.15) is 51.1 Å². The first-order chi connectivity index (χ1) is 11.5. The molecule has 0 spiro atoms. The molecule has 0 aliphatic heterocycles. The molecule has 0 aliphatic carbocycles. The van der Waals surface area contributed by atoms with Crippen LogP contribution in [-0.2, 0) is 19.7 Å². The van der Waals surface area contributed by atoms with Crippen molar-refractivity contribution in [3.63, 3.8) is 0 Å². The molecule has 1 aromatic heterocycles. The second-order valence-corrected chi connectivity index (χ2v) is 6.76. The zero-order valence-electron chi connectivity index (χ0n) is 15.9. The number of ether oxygens (including phenoxy) is 2. The van der Waals surface area contributed by atoms with E-state index in [1.807, 2.05) is 20.8 Å². The number of methoxy groups -OCH3 is 1. The number of aromatic nitrogens is 1. The van der Waals surface area contributed by atoms with Crippen LogP contribution in [0.2, 0.25) is 0 Å². The zero-order chi connectivity index (χ0) is 19.4. The van der Waals surface area contributed by atoms with E-state index in [0.717, 1.165) is 0 Å². The molecule has 1 aromatic rings. The van der Waals surface area contributed by atoms with Gasteiger partial charge in [-0.3, -0.25) is 9.78 Å². The lowest BCUT2D eigenvalue weighted by molar-refractivity contribution is -0.136. The van der Waals surface area contributed by atoms with Gasteiger partial charge in [0.15, 0.2) is 0 Å². The van der Waals surface area contributed by atoms with Crippen LogP contribution < -0.4 is 10.1 Å². The molecule has 0 radical (unpaired) electrons. The van der Waals surface area contributed by atoms with Crippen molar-refractivity contribution in [1.29, 1.82) is 0 Å². The average Bonchev–Trinajstić information content (AvgIpc) is 2.44. The number of hydrogen-bond acceptors (Lipinski definition) is 6. The number of carbonyl (C=O) groups is 3. The third kappa shape index (κ3) is 5.55. The van der Waals surface area contributed by atoms with E-state index < -0.39 is 23.5 Å². The summed E-state index contributed by atoms with van der Waals surface area (Å²) in [6.07, 6.45) is -0.428. The SMILES string of the molecule is COC(=O)NC(C)C(=O)Oc1cc(C)nc(C)c1C(C)(C)CC(C)=O. The highest BCUT2D eigenvalue weighted by Gasteiger charge is 2.31. The summed E-state index contributed by atoms with van der Waals surface area (Å²) in [5.74, 6) is -0.252. The molecule has 1 atom stereocenters. The molecule has 1 amide bonds. The molecule has 0 saturated carbocycles. The van der Waals surface area contributed by atoms with Crippen LogP contribution in [0.25, 0.3) is 0 Å². The molecule has 0 aromatic carbocycles. The van der Waals surface area contributed by atoms with Crippen molar-refractivity contribution in [3.8, 4) is 5.75 Å². The molecule has 0 fully saturated rings. The van der Waals surface area contributed by atoms with Gasteiger partial charge >= 0.3 is 12.1 Å². The van der Waals surface area contributed by atoms with E-state index in [1.165, 1.54) is 21.0 Å². The van der Waals surface area contributed by atoms with Crippen LogP contribution in [0.15, 0.2) is 6.07 Å².